The van der Waals surface area contributed by atoms with Crippen molar-refractivity contribution in [1.29, 1.82) is 0 Å². The molecule has 1 N–H and O–H groups in total. The van der Waals surface area contributed by atoms with Gasteiger partial charge in [-0.2, -0.15) is 0 Å². The quantitative estimate of drug-likeness (QED) is 0.838. The van der Waals surface area contributed by atoms with E-state index >= 15 is 0 Å². The molecule has 2 rings (SSSR count). The highest BCUT2D eigenvalue weighted by molar-refractivity contribution is 7.92. The molecule has 0 bridgehead atoms. The number of halogens is 1. The van der Waals surface area contributed by atoms with Crippen LogP contribution in [-0.4, -0.2) is 56.3 Å². The molecule has 0 aromatic heterocycles. The van der Waals surface area contributed by atoms with Crippen molar-refractivity contribution in [2.75, 3.05) is 24.2 Å². The van der Waals surface area contributed by atoms with Gasteiger partial charge in [-0.05, 0) is 37.5 Å². The van der Waals surface area contributed by atoms with Gasteiger partial charge in [-0.25, -0.2) is 8.42 Å². The molecule has 1 aromatic rings. The number of likely N-dealkylation sites (N-methyl/N-ethyl adjacent to an activating group) is 1. The van der Waals surface area contributed by atoms with Crippen LogP contribution in [0.3, 0.4) is 0 Å². The van der Waals surface area contributed by atoms with Gasteiger partial charge in [0.2, 0.25) is 15.9 Å². The van der Waals surface area contributed by atoms with E-state index in [4.69, 9.17) is 11.6 Å². The topological polar surface area (TPSA) is 77.9 Å². The van der Waals surface area contributed by atoms with Crippen molar-refractivity contribution >= 4 is 33.2 Å². The number of aryl methyl sites for hydroxylation is 1. The third kappa shape index (κ3) is 4.86. The fourth-order valence-corrected chi connectivity index (χ4v) is 4.26. The number of carbonyl (C=O) groups is 1. The fourth-order valence-electron chi connectivity index (χ4n) is 3.20. The second-order valence-corrected chi connectivity index (χ2v) is 8.97. The van der Waals surface area contributed by atoms with Crippen molar-refractivity contribution in [3.63, 3.8) is 0 Å². The number of carbonyl (C=O) groups excluding carboxylic acids is 1. The van der Waals surface area contributed by atoms with Gasteiger partial charge in [0.15, 0.2) is 0 Å². The van der Waals surface area contributed by atoms with Gasteiger partial charge >= 0.3 is 0 Å². The van der Waals surface area contributed by atoms with Crippen LogP contribution in [0.4, 0.5) is 5.69 Å². The molecule has 0 aliphatic heterocycles. The highest BCUT2D eigenvalue weighted by Gasteiger charge is 2.31. The number of aliphatic hydroxyl groups excluding tert-OH is 1. The zero-order chi connectivity index (χ0) is 18.8. The SMILES string of the molecule is Cc1ccc(Cl)cc1N(CC(=O)N(C)C1CCCCC1O)S(C)(=O)=O. The fraction of sp³-hybridized carbons (Fsp3) is 0.588. The van der Waals surface area contributed by atoms with Gasteiger partial charge in [0.1, 0.15) is 6.54 Å². The minimum atomic E-state index is -3.67. The molecule has 1 saturated carbocycles. The Balaban J connectivity index is 2.25. The van der Waals surface area contributed by atoms with Gasteiger partial charge in [-0.15, -0.1) is 0 Å². The summed E-state index contributed by atoms with van der Waals surface area (Å²) in [6, 6.07) is 4.66. The van der Waals surface area contributed by atoms with Crippen LogP contribution in [0, 0.1) is 6.92 Å². The third-order valence-corrected chi connectivity index (χ3v) is 6.07. The first-order valence-electron chi connectivity index (χ1n) is 8.29. The van der Waals surface area contributed by atoms with Gasteiger partial charge in [-0.3, -0.25) is 9.10 Å². The summed E-state index contributed by atoms with van der Waals surface area (Å²) >= 11 is 6.00. The van der Waals surface area contributed by atoms with Crippen molar-refractivity contribution in [2.24, 2.45) is 0 Å². The van der Waals surface area contributed by atoms with Crippen LogP contribution in [0.2, 0.25) is 5.02 Å². The van der Waals surface area contributed by atoms with E-state index in [1.165, 1.54) is 4.90 Å². The Hall–Kier alpha value is -1.31. The van der Waals surface area contributed by atoms with Gasteiger partial charge in [0, 0.05) is 12.1 Å². The van der Waals surface area contributed by atoms with E-state index in [1.807, 2.05) is 0 Å². The summed E-state index contributed by atoms with van der Waals surface area (Å²) in [5.41, 5.74) is 1.10. The zero-order valence-electron chi connectivity index (χ0n) is 14.8. The lowest BCUT2D eigenvalue weighted by atomic mass is 9.91. The average molecular weight is 389 g/mol. The summed E-state index contributed by atoms with van der Waals surface area (Å²) in [5, 5.41) is 10.5. The van der Waals surface area contributed by atoms with Crippen molar-refractivity contribution in [3.8, 4) is 0 Å². The highest BCUT2D eigenvalue weighted by atomic mass is 35.5. The van der Waals surface area contributed by atoms with E-state index < -0.39 is 16.1 Å². The molecule has 8 heteroatoms. The molecule has 0 spiro atoms. The summed E-state index contributed by atoms with van der Waals surface area (Å²) in [6.45, 7) is 1.45. The number of amides is 1. The Kier molecular flexibility index (Phi) is 6.35. The predicted octanol–water partition coefficient (Wildman–Crippen LogP) is 2.18. The lowest BCUT2D eigenvalue weighted by Crippen LogP contribution is -2.50. The summed E-state index contributed by atoms with van der Waals surface area (Å²) < 4.78 is 25.6. The van der Waals surface area contributed by atoms with Crippen molar-refractivity contribution < 1.29 is 18.3 Å². The molecule has 1 aliphatic carbocycles. The van der Waals surface area contributed by atoms with Crippen LogP contribution < -0.4 is 4.31 Å². The Labute approximate surface area is 154 Å². The van der Waals surface area contributed by atoms with Crippen LogP contribution in [0.25, 0.3) is 0 Å². The molecule has 140 valence electrons. The molecule has 25 heavy (non-hydrogen) atoms. The molecule has 1 aliphatic rings. The number of hydrogen-bond acceptors (Lipinski definition) is 4. The average Bonchev–Trinajstić information content (AvgIpc) is 2.53. The lowest BCUT2D eigenvalue weighted by Gasteiger charge is -2.36. The molecular formula is C17H25ClN2O4S. The van der Waals surface area contributed by atoms with Crippen LogP contribution in [0.5, 0.6) is 0 Å². The minimum absolute atomic E-state index is 0.275. The third-order valence-electron chi connectivity index (χ3n) is 4.70. The van der Waals surface area contributed by atoms with E-state index in [0.717, 1.165) is 29.8 Å². The number of hydrogen-bond donors (Lipinski definition) is 1. The van der Waals surface area contributed by atoms with E-state index in [-0.39, 0.29) is 18.5 Å². The van der Waals surface area contributed by atoms with Crippen LogP contribution in [0.1, 0.15) is 31.2 Å². The second-order valence-electron chi connectivity index (χ2n) is 6.62. The molecule has 6 nitrogen and oxygen atoms in total. The maximum Gasteiger partial charge on any atom is 0.243 e. The van der Waals surface area contributed by atoms with Crippen LogP contribution >= 0.6 is 11.6 Å². The molecule has 2 atom stereocenters. The Morgan fingerprint density at radius 3 is 2.56 bits per heavy atom. The normalized spacial score (nSPS) is 21.0. The molecule has 1 aromatic carbocycles. The molecule has 1 amide bonds. The van der Waals surface area contributed by atoms with E-state index in [2.05, 4.69) is 0 Å². The van der Waals surface area contributed by atoms with Gasteiger partial charge in [-0.1, -0.05) is 30.5 Å². The molecular weight excluding hydrogens is 364 g/mol. The first-order chi connectivity index (χ1) is 11.6. The summed E-state index contributed by atoms with van der Waals surface area (Å²) in [5.74, 6) is -0.351. The standard InChI is InChI=1S/C17H25ClN2O4S/c1-12-8-9-13(18)10-15(12)20(25(3,23)24)11-17(22)19(2)14-6-4-5-7-16(14)21/h8-10,14,16,21H,4-7,11H2,1-3H3. The number of benzene rings is 1. The minimum Gasteiger partial charge on any atom is -0.391 e. The molecule has 2 unspecified atom stereocenters. The van der Waals surface area contributed by atoms with Crippen molar-refractivity contribution in [2.45, 2.75) is 44.8 Å². The van der Waals surface area contributed by atoms with Gasteiger partial charge < -0.3 is 10.0 Å². The van der Waals surface area contributed by atoms with Gasteiger partial charge in [0.25, 0.3) is 0 Å². The maximum absolute atomic E-state index is 12.7. The van der Waals surface area contributed by atoms with E-state index in [9.17, 15) is 18.3 Å². The zero-order valence-corrected chi connectivity index (χ0v) is 16.3. The highest BCUT2D eigenvalue weighted by Crippen LogP contribution is 2.27. The summed E-state index contributed by atoms with van der Waals surface area (Å²) in [4.78, 5) is 14.2. The smallest absolute Gasteiger partial charge is 0.243 e. The van der Waals surface area contributed by atoms with Crippen LogP contribution in [-0.2, 0) is 14.8 Å². The second kappa shape index (κ2) is 7.93. The van der Waals surface area contributed by atoms with Crippen LogP contribution in [0.15, 0.2) is 18.2 Å². The predicted molar refractivity (Wildman–Crippen MR) is 99.4 cm³/mol. The first kappa shape index (κ1) is 20.0. The summed E-state index contributed by atoms with van der Waals surface area (Å²) in [7, 11) is -2.05. The number of anilines is 1. The largest absolute Gasteiger partial charge is 0.391 e. The number of rotatable bonds is 5. The molecule has 0 heterocycles. The van der Waals surface area contributed by atoms with Gasteiger partial charge in [0.05, 0.1) is 24.1 Å². The Bertz CT molecular complexity index is 738. The number of sulfonamides is 1. The molecule has 0 saturated heterocycles. The maximum atomic E-state index is 12.7. The van der Waals surface area contributed by atoms with E-state index in [1.54, 1.807) is 32.2 Å². The Morgan fingerprint density at radius 1 is 1.32 bits per heavy atom. The Morgan fingerprint density at radius 2 is 1.96 bits per heavy atom. The summed E-state index contributed by atoms with van der Waals surface area (Å²) in [6.07, 6.45) is 3.77. The van der Waals surface area contributed by atoms with Crippen molar-refractivity contribution in [3.05, 3.63) is 28.8 Å². The monoisotopic (exact) mass is 388 g/mol. The van der Waals surface area contributed by atoms with E-state index in [0.29, 0.717) is 22.7 Å². The van der Waals surface area contributed by atoms with Crippen molar-refractivity contribution in [1.82, 2.24) is 4.90 Å². The number of aliphatic hydroxyl groups is 1. The molecule has 0 radical (unpaired) electrons. The molecule has 1 fully saturated rings. The lowest BCUT2D eigenvalue weighted by molar-refractivity contribution is -0.133. The first-order valence-corrected chi connectivity index (χ1v) is 10.5. The number of nitrogens with zero attached hydrogens (tertiary/aromatic N) is 2.